The van der Waals surface area contributed by atoms with E-state index in [2.05, 4.69) is 9.82 Å². The second-order valence-electron chi connectivity index (χ2n) is 8.25. The molecule has 2 atom stereocenters. The molecule has 0 spiro atoms. The Kier molecular flexibility index (Phi) is 10.7. The molecular formula is C24H27ClF5N5O2S. The molecule has 0 aliphatic rings. The molecule has 0 fully saturated rings. The molecule has 0 saturated heterocycles. The maximum absolute atomic E-state index is 14.0. The zero-order chi connectivity index (χ0) is 28.7. The van der Waals surface area contributed by atoms with Gasteiger partial charge in [0.1, 0.15) is 11.6 Å². The fourth-order valence-electron chi connectivity index (χ4n) is 3.16. The van der Waals surface area contributed by atoms with Gasteiger partial charge in [0.25, 0.3) is 10.0 Å². The first kappa shape index (κ1) is 31.1. The van der Waals surface area contributed by atoms with Gasteiger partial charge >= 0.3 is 6.18 Å². The minimum absolute atomic E-state index is 0.0353. The molecule has 0 aliphatic heterocycles. The van der Waals surface area contributed by atoms with E-state index in [4.69, 9.17) is 23.2 Å². The molecule has 14 heteroatoms. The number of hydrogen-bond acceptors (Lipinski definition) is 5. The van der Waals surface area contributed by atoms with Crippen LogP contribution in [0.4, 0.5) is 27.6 Å². The van der Waals surface area contributed by atoms with Crippen LogP contribution in [0.1, 0.15) is 37.0 Å². The largest absolute Gasteiger partial charge is 0.416 e. The van der Waals surface area contributed by atoms with Crippen LogP contribution in [-0.4, -0.2) is 24.7 Å². The summed E-state index contributed by atoms with van der Waals surface area (Å²) in [6.45, 7) is 3.16. The monoisotopic (exact) mass is 579 g/mol. The van der Waals surface area contributed by atoms with E-state index < -0.39 is 62.4 Å². The molecule has 208 valence electrons. The van der Waals surface area contributed by atoms with E-state index in [9.17, 15) is 30.4 Å². The van der Waals surface area contributed by atoms with E-state index in [-0.39, 0.29) is 11.5 Å². The van der Waals surface area contributed by atoms with Crippen molar-refractivity contribution in [1.82, 2.24) is 5.12 Å². The molecule has 0 saturated carbocycles. The number of nitrogens with zero attached hydrogens (tertiary/aromatic N) is 2. The minimum Gasteiger partial charge on any atom is -0.382 e. The number of hydrogen-bond donors (Lipinski definition) is 3. The standard InChI is InChI=1S/C24H27ClF5N5O2S/c1-3-4-6-15(2)18(25)11-12-38(36,37)34-21-13-17(24(28,29)30)10-9-16(21)14-35(32)33-23(31)22-19(26)7-5-8-20(22)27/h3-5,7-13,15,18,34H,6,14,32H2,1-2H3,(H2,31,33)/b4-3-,12-11+. The van der Waals surface area contributed by atoms with E-state index in [1.165, 1.54) is 6.08 Å². The number of allylic oxidation sites excluding steroid dienone is 3. The Labute approximate surface area is 222 Å². The fraction of sp³-hybridized carbons (Fsp3) is 0.292. The van der Waals surface area contributed by atoms with Gasteiger partial charge in [-0.1, -0.05) is 37.3 Å². The van der Waals surface area contributed by atoms with Crippen LogP contribution in [0.2, 0.25) is 0 Å². The van der Waals surface area contributed by atoms with Crippen molar-refractivity contribution in [2.45, 2.75) is 38.4 Å². The lowest BCUT2D eigenvalue weighted by Gasteiger charge is -2.19. The Morgan fingerprint density at radius 2 is 1.84 bits per heavy atom. The molecule has 0 amide bonds. The first-order valence-corrected chi connectivity index (χ1v) is 13.1. The number of nitrogens with one attached hydrogen (secondary N) is 1. The normalized spacial score (nSPS) is 14.7. The number of halogens is 6. The highest BCUT2D eigenvalue weighted by Gasteiger charge is 2.31. The molecule has 2 unspecified atom stereocenters. The molecule has 7 nitrogen and oxygen atoms in total. The molecular weight excluding hydrogens is 553 g/mol. The van der Waals surface area contributed by atoms with Crippen LogP contribution >= 0.6 is 11.6 Å². The second kappa shape index (κ2) is 13.1. The smallest absolute Gasteiger partial charge is 0.382 e. The molecule has 2 rings (SSSR count). The van der Waals surface area contributed by atoms with Crippen molar-refractivity contribution in [2.75, 3.05) is 4.72 Å². The summed E-state index contributed by atoms with van der Waals surface area (Å²) >= 11 is 6.22. The van der Waals surface area contributed by atoms with Crippen LogP contribution in [0, 0.1) is 17.6 Å². The van der Waals surface area contributed by atoms with E-state index in [1.807, 2.05) is 26.0 Å². The number of hydrazone groups is 1. The molecule has 0 radical (unpaired) electrons. The van der Waals surface area contributed by atoms with E-state index >= 15 is 0 Å². The molecule has 0 bridgehead atoms. The van der Waals surface area contributed by atoms with Gasteiger partial charge in [-0.25, -0.2) is 28.2 Å². The van der Waals surface area contributed by atoms with Gasteiger partial charge < -0.3 is 5.73 Å². The quantitative estimate of drug-likeness (QED) is 0.0623. The predicted octanol–water partition coefficient (Wildman–Crippen LogP) is 5.44. The highest BCUT2D eigenvalue weighted by atomic mass is 35.5. The van der Waals surface area contributed by atoms with Gasteiger partial charge in [0, 0.05) is 5.41 Å². The summed E-state index contributed by atoms with van der Waals surface area (Å²) in [6.07, 6.45) is 0.722. The van der Waals surface area contributed by atoms with Crippen LogP contribution in [0.15, 0.2) is 65.1 Å². The van der Waals surface area contributed by atoms with Crippen molar-refractivity contribution in [2.24, 2.45) is 22.6 Å². The Balaban J connectivity index is 2.35. The average Bonchev–Trinajstić information content (AvgIpc) is 2.81. The maximum atomic E-state index is 14.0. The number of rotatable bonds is 11. The van der Waals surface area contributed by atoms with Gasteiger partial charge in [-0.2, -0.15) is 13.2 Å². The molecule has 38 heavy (non-hydrogen) atoms. The van der Waals surface area contributed by atoms with Crippen LogP contribution in [0.5, 0.6) is 0 Å². The van der Waals surface area contributed by atoms with Crippen LogP contribution < -0.4 is 16.3 Å². The number of amidine groups is 1. The molecule has 0 heterocycles. The van der Waals surface area contributed by atoms with Gasteiger partial charge in [0.05, 0.1) is 28.7 Å². The first-order chi connectivity index (χ1) is 17.6. The lowest BCUT2D eigenvalue weighted by atomic mass is 10.0. The van der Waals surface area contributed by atoms with Crippen molar-refractivity contribution in [3.8, 4) is 0 Å². The zero-order valence-corrected chi connectivity index (χ0v) is 22.0. The van der Waals surface area contributed by atoms with Crippen LogP contribution in [-0.2, 0) is 22.7 Å². The lowest BCUT2D eigenvalue weighted by molar-refractivity contribution is -0.137. The van der Waals surface area contributed by atoms with Crippen molar-refractivity contribution < 1.29 is 30.4 Å². The highest BCUT2D eigenvalue weighted by Crippen LogP contribution is 2.33. The Morgan fingerprint density at radius 3 is 2.42 bits per heavy atom. The fourth-order valence-corrected chi connectivity index (χ4v) is 4.37. The molecule has 2 aromatic carbocycles. The summed E-state index contributed by atoms with van der Waals surface area (Å²) in [5.74, 6) is 2.99. The number of hydrazine groups is 1. The topological polar surface area (TPSA) is 114 Å². The summed E-state index contributed by atoms with van der Waals surface area (Å²) < 4.78 is 95.2. The van der Waals surface area contributed by atoms with Gasteiger partial charge in [-0.05, 0) is 49.1 Å². The number of nitrogens with two attached hydrogens (primary N) is 2. The highest BCUT2D eigenvalue weighted by molar-refractivity contribution is 7.95. The summed E-state index contributed by atoms with van der Waals surface area (Å²) in [6, 6.07) is 5.31. The molecule has 0 aliphatic carbocycles. The average molecular weight is 580 g/mol. The van der Waals surface area contributed by atoms with Crippen LogP contribution in [0.3, 0.4) is 0 Å². The van der Waals surface area contributed by atoms with E-state index in [0.29, 0.717) is 17.6 Å². The molecule has 2 aromatic rings. The zero-order valence-electron chi connectivity index (χ0n) is 20.4. The van der Waals surface area contributed by atoms with Crippen LogP contribution in [0.25, 0.3) is 0 Å². The van der Waals surface area contributed by atoms with Gasteiger partial charge in [-0.3, -0.25) is 4.72 Å². The number of sulfonamides is 1. The Hall–Kier alpha value is -3.16. The lowest BCUT2D eigenvalue weighted by Crippen LogP contribution is -2.30. The number of anilines is 1. The predicted molar refractivity (Wildman–Crippen MR) is 138 cm³/mol. The number of alkyl halides is 4. The van der Waals surface area contributed by atoms with Crippen molar-refractivity contribution in [1.29, 1.82) is 0 Å². The van der Waals surface area contributed by atoms with Gasteiger partial charge in [-0.15, -0.1) is 16.7 Å². The second-order valence-corrected chi connectivity index (χ2v) is 10.3. The summed E-state index contributed by atoms with van der Waals surface area (Å²) in [5, 5.41) is 4.37. The minimum atomic E-state index is -4.77. The summed E-state index contributed by atoms with van der Waals surface area (Å²) in [4.78, 5) is 0. The third-order valence-electron chi connectivity index (χ3n) is 5.21. The SMILES string of the molecule is C/C=C\CC(C)C(Cl)/C=C/S(=O)(=O)Nc1cc(C(F)(F)F)ccc1CN(N)/N=C(\N)c1c(F)cccc1F. The van der Waals surface area contributed by atoms with Gasteiger partial charge in [0.15, 0.2) is 5.84 Å². The third-order valence-corrected chi connectivity index (χ3v) is 6.80. The first-order valence-electron chi connectivity index (χ1n) is 11.1. The van der Waals surface area contributed by atoms with E-state index in [0.717, 1.165) is 35.7 Å². The number of benzene rings is 2. The summed E-state index contributed by atoms with van der Waals surface area (Å²) in [7, 11) is -4.30. The van der Waals surface area contributed by atoms with Gasteiger partial charge in [0.2, 0.25) is 0 Å². The van der Waals surface area contributed by atoms with Crippen molar-refractivity contribution >= 4 is 33.1 Å². The molecule has 0 aromatic heterocycles. The van der Waals surface area contributed by atoms with E-state index in [1.54, 1.807) is 0 Å². The molecule has 5 N–H and O–H groups in total. The Bertz CT molecular complexity index is 1300. The van der Waals surface area contributed by atoms with Crippen molar-refractivity contribution in [3.63, 3.8) is 0 Å². The van der Waals surface area contributed by atoms with Crippen molar-refractivity contribution in [3.05, 3.63) is 88.4 Å². The maximum Gasteiger partial charge on any atom is 0.416 e. The third kappa shape index (κ3) is 8.99. The Morgan fingerprint density at radius 1 is 1.21 bits per heavy atom. The summed E-state index contributed by atoms with van der Waals surface area (Å²) in [5.41, 5.74) is 3.40.